The van der Waals surface area contributed by atoms with E-state index in [1.807, 2.05) is 19.9 Å². The third kappa shape index (κ3) is 6.01. The van der Waals surface area contributed by atoms with Crippen LogP contribution in [-0.2, 0) is 9.53 Å². The fourth-order valence-corrected chi connectivity index (χ4v) is 1.47. The molecule has 0 unspecified atom stereocenters. The number of hydrogen-bond donors (Lipinski definition) is 3. The molecular weight excluding hydrogens is 246 g/mol. The minimum atomic E-state index is -0.128. The number of methoxy groups -OCH3 is 1. The summed E-state index contributed by atoms with van der Waals surface area (Å²) in [5.41, 5.74) is 0.886. The number of anilines is 2. The number of hydrogen-bond acceptors (Lipinski definition) is 6. The van der Waals surface area contributed by atoms with Crippen LogP contribution >= 0.6 is 0 Å². The molecule has 0 fully saturated rings. The Labute approximate surface area is 113 Å². The van der Waals surface area contributed by atoms with Crippen molar-refractivity contribution in [3.8, 4) is 0 Å². The van der Waals surface area contributed by atoms with Crippen molar-refractivity contribution in [2.75, 3.05) is 44.0 Å². The van der Waals surface area contributed by atoms with Gasteiger partial charge >= 0.3 is 0 Å². The Morgan fingerprint density at radius 1 is 1.32 bits per heavy atom. The lowest BCUT2D eigenvalue weighted by atomic mass is 10.4. The van der Waals surface area contributed by atoms with Gasteiger partial charge in [0.2, 0.25) is 11.9 Å². The summed E-state index contributed by atoms with van der Waals surface area (Å²) in [7, 11) is 1.49. The second-order valence-electron chi connectivity index (χ2n) is 3.96. The minimum Gasteiger partial charge on any atom is -0.375 e. The molecule has 0 radical (unpaired) electrons. The molecule has 106 valence electrons. The van der Waals surface area contributed by atoms with Crippen molar-refractivity contribution in [1.29, 1.82) is 0 Å². The summed E-state index contributed by atoms with van der Waals surface area (Å²) >= 11 is 0. The maximum absolute atomic E-state index is 11.1. The topological polar surface area (TPSA) is 88.2 Å². The van der Waals surface area contributed by atoms with Crippen LogP contribution in [0.2, 0.25) is 0 Å². The molecule has 1 aromatic rings. The van der Waals surface area contributed by atoms with Crippen molar-refractivity contribution in [2.45, 2.75) is 13.8 Å². The zero-order chi connectivity index (χ0) is 14.1. The van der Waals surface area contributed by atoms with E-state index in [-0.39, 0.29) is 12.5 Å². The fourth-order valence-electron chi connectivity index (χ4n) is 1.47. The Hall–Kier alpha value is -1.89. The average molecular weight is 267 g/mol. The van der Waals surface area contributed by atoms with Crippen LogP contribution < -0.4 is 16.0 Å². The number of ether oxygens (including phenoxy) is 1. The molecule has 1 heterocycles. The Morgan fingerprint density at radius 3 is 2.79 bits per heavy atom. The first kappa shape index (κ1) is 15.2. The highest BCUT2D eigenvalue weighted by molar-refractivity contribution is 5.77. The Morgan fingerprint density at radius 2 is 2.11 bits per heavy atom. The van der Waals surface area contributed by atoms with E-state index in [0.29, 0.717) is 19.0 Å². The third-order valence-electron chi connectivity index (χ3n) is 2.22. The molecule has 19 heavy (non-hydrogen) atoms. The van der Waals surface area contributed by atoms with Gasteiger partial charge in [0, 0.05) is 38.5 Å². The molecule has 0 bridgehead atoms. The molecule has 0 aromatic carbocycles. The molecule has 1 rings (SSSR count). The second-order valence-corrected chi connectivity index (χ2v) is 3.96. The predicted molar refractivity (Wildman–Crippen MR) is 74.3 cm³/mol. The van der Waals surface area contributed by atoms with Crippen molar-refractivity contribution < 1.29 is 9.53 Å². The normalized spacial score (nSPS) is 10.1. The number of amides is 1. The van der Waals surface area contributed by atoms with E-state index in [1.165, 1.54) is 7.11 Å². The third-order valence-corrected chi connectivity index (χ3v) is 2.22. The van der Waals surface area contributed by atoms with Crippen LogP contribution in [-0.4, -0.2) is 49.2 Å². The SMILES string of the molecule is CCNc1nc(C)cc(NCCNC(=O)COC)n1. The van der Waals surface area contributed by atoms with Gasteiger partial charge < -0.3 is 20.7 Å². The Bertz CT molecular complexity index is 411. The molecule has 1 aromatic heterocycles. The number of aryl methyl sites for hydroxylation is 1. The Balaban J connectivity index is 2.38. The van der Waals surface area contributed by atoms with Crippen LogP contribution in [0, 0.1) is 6.92 Å². The van der Waals surface area contributed by atoms with Crippen molar-refractivity contribution in [3.05, 3.63) is 11.8 Å². The van der Waals surface area contributed by atoms with Crippen molar-refractivity contribution >= 4 is 17.7 Å². The predicted octanol–water partition coefficient (Wildman–Crippen LogP) is 0.391. The van der Waals surface area contributed by atoms with Gasteiger partial charge in [0.15, 0.2) is 0 Å². The summed E-state index contributed by atoms with van der Waals surface area (Å²) in [6, 6.07) is 1.86. The number of rotatable bonds is 8. The van der Waals surface area contributed by atoms with E-state index >= 15 is 0 Å². The molecule has 0 aliphatic rings. The van der Waals surface area contributed by atoms with Crippen LogP contribution in [0.4, 0.5) is 11.8 Å². The van der Waals surface area contributed by atoms with E-state index in [9.17, 15) is 4.79 Å². The summed E-state index contributed by atoms with van der Waals surface area (Å²) in [5.74, 6) is 1.22. The summed E-state index contributed by atoms with van der Waals surface area (Å²) in [6.07, 6.45) is 0. The zero-order valence-electron chi connectivity index (χ0n) is 11.6. The molecule has 7 heteroatoms. The van der Waals surface area contributed by atoms with Gasteiger partial charge in [-0.05, 0) is 13.8 Å². The molecular formula is C12H21N5O2. The molecule has 0 saturated heterocycles. The molecule has 0 aliphatic heterocycles. The quantitative estimate of drug-likeness (QED) is 0.591. The highest BCUT2D eigenvalue weighted by atomic mass is 16.5. The number of aromatic nitrogens is 2. The van der Waals surface area contributed by atoms with E-state index in [1.54, 1.807) is 0 Å². The van der Waals surface area contributed by atoms with E-state index < -0.39 is 0 Å². The standard InChI is InChI=1S/C12H21N5O2/c1-4-13-12-16-9(2)7-10(17-12)14-5-6-15-11(18)8-19-3/h7H,4-6,8H2,1-3H3,(H,15,18)(H2,13,14,16,17). The van der Waals surface area contributed by atoms with Crippen molar-refractivity contribution in [1.82, 2.24) is 15.3 Å². The molecule has 0 atom stereocenters. The van der Waals surface area contributed by atoms with Crippen LogP contribution in [0.3, 0.4) is 0 Å². The van der Waals surface area contributed by atoms with E-state index in [2.05, 4.69) is 25.9 Å². The van der Waals surface area contributed by atoms with Crippen LogP contribution in [0.15, 0.2) is 6.07 Å². The van der Waals surface area contributed by atoms with Crippen LogP contribution in [0.25, 0.3) is 0 Å². The molecule has 7 nitrogen and oxygen atoms in total. The smallest absolute Gasteiger partial charge is 0.246 e. The number of carbonyl (C=O) groups excluding carboxylic acids is 1. The molecule has 0 spiro atoms. The highest BCUT2D eigenvalue weighted by Crippen LogP contribution is 2.08. The molecule has 0 aliphatic carbocycles. The average Bonchev–Trinajstić information content (AvgIpc) is 2.35. The van der Waals surface area contributed by atoms with Crippen molar-refractivity contribution in [2.24, 2.45) is 0 Å². The van der Waals surface area contributed by atoms with Crippen LogP contribution in [0.5, 0.6) is 0 Å². The first-order valence-electron chi connectivity index (χ1n) is 6.24. The summed E-state index contributed by atoms with van der Waals surface area (Å²) in [4.78, 5) is 19.7. The number of nitrogens with zero attached hydrogens (tertiary/aromatic N) is 2. The van der Waals surface area contributed by atoms with Gasteiger partial charge in [-0.1, -0.05) is 0 Å². The summed E-state index contributed by atoms with van der Waals surface area (Å²) in [5, 5.41) is 8.92. The van der Waals surface area contributed by atoms with Gasteiger partial charge in [-0.25, -0.2) is 4.98 Å². The lowest BCUT2D eigenvalue weighted by Crippen LogP contribution is -2.31. The maximum atomic E-state index is 11.1. The summed E-state index contributed by atoms with van der Waals surface area (Å²) in [6.45, 7) is 5.87. The second kappa shape index (κ2) is 8.25. The summed E-state index contributed by atoms with van der Waals surface area (Å²) < 4.78 is 4.72. The fraction of sp³-hybridized carbons (Fsp3) is 0.583. The van der Waals surface area contributed by atoms with Gasteiger partial charge in [-0.15, -0.1) is 0 Å². The highest BCUT2D eigenvalue weighted by Gasteiger charge is 2.02. The van der Waals surface area contributed by atoms with Gasteiger partial charge in [-0.3, -0.25) is 4.79 Å². The number of nitrogens with one attached hydrogen (secondary N) is 3. The first-order valence-corrected chi connectivity index (χ1v) is 6.24. The monoisotopic (exact) mass is 267 g/mol. The van der Waals surface area contributed by atoms with E-state index in [0.717, 1.165) is 18.1 Å². The largest absolute Gasteiger partial charge is 0.375 e. The maximum Gasteiger partial charge on any atom is 0.246 e. The molecule has 0 saturated carbocycles. The Kier molecular flexibility index (Phi) is 6.59. The van der Waals surface area contributed by atoms with Crippen molar-refractivity contribution in [3.63, 3.8) is 0 Å². The van der Waals surface area contributed by atoms with Gasteiger partial charge in [0.05, 0.1) is 0 Å². The lowest BCUT2D eigenvalue weighted by molar-refractivity contribution is -0.124. The van der Waals surface area contributed by atoms with Gasteiger partial charge in [0.1, 0.15) is 12.4 Å². The molecule has 1 amide bonds. The van der Waals surface area contributed by atoms with Gasteiger partial charge in [-0.2, -0.15) is 4.98 Å². The number of carbonyl (C=O) groups is 1. The lowest BCUT2D eigenvalue weighted by Gasteiger charge is -2.09. The van der Waals surface area contributed by atoms with E-state index in [4.69, 9.17) is 4.74 Å². The molecule has 3 N–H and O–H groups in total. The van der Waals surface area contributed by atoms with Gasteiger partial charge in [0.25, 0.3) is 0 Å². The first-order chi connectivity index (χ1) is 9.15. The zero-order valence-corrected chi connectivity index (χ0v) is 11.6. The van der Waals surface area contributed by atoms with Crippen LogP contribution in [0.1, 0.15) is 12.6 Å². The minimum absolute atomic E-state index is 0.0805.